The molecule has 0 N–H and O–H groups in total. The Morgan fingerprint density at radius 1 is 0.467 bits per heavy atom. The van der Waals surface area contributed by atoms with Crippen LogP contribution in [0.15, 0.2) is 97.1 Å². The summed E-state index contributed by atoms with van der Waals surface area (Å²) in [5.41, 5.74) is 2.35. The molecule has 8 nitrogen and oxygen atoms in total. The van der Waals surface area contributed by atoms with Gasteiger partial charge in [-0.1, -0.05) is 48.6 Å². The number of hydrogen-bond acceptors (Lipinski definition) is 8. The second-order valence-electron chi connectivity index (χ2n) is 9.85. The first-order valence-corrected chi connectivity index (χ1v) is 15.7. The number of hydrogen-bond donors (Lipinski definition) is 0. The van der Waals surface area contributed by atoms with Crippen LogP contribution in [-0.2, 0) is 9.84 Å². The average Bonchev–Trinajstić information content (AvgIpc) is 3.08. The summed E-state index contributed by atoms with van der Waals surface area (Å²) in [5.74, 6) is 3.41. The molecule has 4 rings (SSSR count). The van der Waals surface area contributed by atoms with Gasteiger partial charge in [-0.05, 0) is 71.8 Å². The van der Waals surface area contributed by atoms with Crippen LogP contribution in [0.4, 0.5) is 0 Å². The third-order valence-corrected chi connectivity index (χ3v) is 9.68. The topological polar surface area (TPSA) is 89.5 Å². The van der Waals surface area contributed by atoms with E-state index in [2.05, 4.69) is 0 Å². The molecule has 0 spiro atoms. The Hall–Kier alpha value is -4.89. The molecule has 2 atom stereocenters. The van der Waals surface area contributed by atoms with Crippen LogP contribution in [0.5, 0.6) is 34.5 Å². The molecule has 45 heavy (non-hydrogen) atoms. The van der Waals surface area contributed by atoms with Crippen molar-refractivity contribution in [2.75, 3.05) is 42.7 Å². The highest BCUT2D eigenvalue weighted by molar-refractivity contribution is 7.92. The first kappa shape index (κ1) is 33.0. The second-order valence-corrected chi connectivity index (χ2v) is 12.0. The van der Waals surface area contributed by atoms with E-state index in [0.29, 0.717) is 56.8 Å². The van der Waals surface area contributed by atoms with Gasteiger partial charge in [-0.15, -0.1) is 0 Å². The van der Waals surface area contributed by atoms with E-state index >= 15 is 0 Å². The van der Waals surface area contributed by atoms with Gasteiger partial charge >= 0.3 is 0 Å². The zero-order valence-electron chi connectivity index (χ0n) is 26.2. The SMILES string of the molecule is COc1ccc(C(/C=C/c2c(OC)cccc2OC)S(=O)(=O)C(/C=C/c2c(OC)cccc2OC)c2ccc(OC)cc2)cc1. The summed E-state index contributed by atoms with van der Waals surface area (Å²) in [7, 11) is 5.30. The van der Waals surface area contributed by atoms with Gasteiger partial charge in [-0.2, -0.15) is 0 Å². The van der Waals surface area contributed by atoms with Gasteiger partial charge in [-0.25, -0.2) is 8.42 Å². The summed E-state index contributed by atoms with van der Waals surface area (Å²) in [6, 6.07) is 24.8. The van der Waals surface area contributed by atoms with Crippen molar-refractivity contribution < 1.29 is 36.8 Å². The van der Waals surface area contributed by atoms with E-state index in [1.165, 1.54) is 0 Å². The molecule has 4 aromatic rings. The van der Waals surface area contributed by atoms with Crippen molar-refractivity contribution in [1.29, 1.82) is 0 Å². The van der Waals surface area contributed by atoms with Gasteiger partial charge in [0.1, 0.15) is 45.0 Å². The normalized spacial score (nSPS) is 12.9. The lowest BCUT2D eigenvalue weighted by Gasteiger charge is -2.22. The number of methoxy groups -OCH3 is 6. The molecular formula is C36H38O8S. The van der Waals surface area contributed by atoms with Crippen LogP contribution in [0, 0.1) is 0 Å². The van der Waals surface area contributed by atoms with E-state index in [9.17, 15) is 8.42 Å². The lowest BCUT2D eigenvalue weighted by atomic mass is 10.1. The van der Waals surface area contributed by atoms with E-state index < -0.39 is 20.3 Å². The predicted octanol–water partition coefficient (Wildman–Crippen LogP) is 7.36. The van der Waals surface area contributed by atoms with E-state index in [4.69, 9.17) is 28.4 Å². The molecule has 0 aliphatic rings. The fourth-order valence-electron chi connectivity index (χ4n) is 5.02. The van der Waals surface area contributed by atoms with E-state index in [1.54, 1.807) is 140 Å². The van der Waals surface area contributed by atoms with E-state index in [1.807, 2.05) is 12.1 Å². The highest BCUT2D eigenvalue weighted by Gasteiger charge is 2.34. The maximum absolute atomic E-state index is 14.9. The van der Waals surface area contributed by atoms with Crippen LogP contribution < -0.4 is 28.4 Å². The van der Waals surface area contributed by atoms with Gasteiger partial charge < -0.3 is 28.4 Å². The van der Waals surface area contributed by atoms with Crippen molar-refractivity contribution in [3.8, 4) is 34.5 Å². The highest BCUT2D eigenvalue weighted by atomic mass is 32.2. The zero-order valence-corrected chi connectivity index (χ0v) is 27.0. The highest BCUT2D eigenvalue weighted by Crippen LogP contribution is 2.40. The Balaban J connectivity index is 1.93. The largest absolute Gasteiger partial charge is 0.497 e. The minimum absolute atomic E-state index is 0.548. The van der Waals surface area contributed by atoms with E-state index in [-0.39, 0.29) is 0 Å². The minimum Gasteiger partial charge on any atom is -0.497 e. The molecule has 0 aliphatic carbocycles. The summed E-state index contributed by atoms with van der Waals surface area (Å²) in [4.78, 5) is 0. The summed E-state index contributed by atoms with van der Waals surface area (Å²) in [5, 5.41) is -2.15. The van der Waals surface area contributed by atoms with Gasteiger partial charge in [0.05, 0.1) is 53.8 Å². The van der Waals surface area contributed by atoms with Crippen molar-refractivity contribution >= 4 is 22.0 Å². The lowest BCUT2D eigenvalue weighted by Crippen LogP contribution is -2.19. The molecule has 0 heterocycles. The first-order chi connectivity index (χ1) is 21.8. The first-order valence-electron chi connectivity index (χ1n) is 14.1. The molecule has 0 amide bonds. The van der Waals surface area contributed by atoms with Gasteiger partial charge in [-0.3, -0.25) is 0 Å². The molecule has 0 saturated carbocycles. The Kier molecular flexibility index (Phi) is 11.2. The third-order valence-electron chi connectivity index (χ3n) is 7.40. The number of benzene rings is 4. The quantitative estimate of drug-likeness (QED) is 0.143. The lowest BCUT2D eigenvalue weighted by molar-refractivity contribution is 0.392. The van der Waals surface area contributed by atoms with Crippen LogP contribution in [0.1, 0.15) is 32.8 Å². The fraction of sp³-hybridized carbons (Fsp3) is 0.222. The monoisotopic (exact) mass is 630 g/mol. The summed E-state index contributed by atoms with van der Waals surface area (Å²) in [6.45, 7) is 0. The molecule has 0 bridgehead atoms. The number of sulfone groups is 1. The van der Waals surface area contributed by atoms with Crippen LogP contribution in [0.2, 0.25) is 0 Å². The number of rotatable bonds is 14. The molecule has 4 aromatic carbocycles. The molecule has 9 heteroatoms. The molecule has 0 aromatic heterocycles. The molecule has 2 unspecified atom stereocenters. The molecular weight excluding hydrogens is 592 g/mol. The van der Waals surface area contributed by atoms with Crippen molar-refractivity contribution in [2.45, 2.75) is 10.5 Å². The minimum atomic E-state index is -4.05. The predicted molar refractivity (Wildman–Crippen MR) is 178 cm³/mol. The zero-order chi connectivity index (χ0) is 32.4. The van der Waals surface area contributed by atoms with Gasteiger partial charge in [0.2, 0.25) is 0 Å². The number of ether oxygens (including phenoxy) is 6. The molecule has 0 radical (unpaired) electrons. The van der Waals surface area contributed by atoms with Crippen molar-refractivity contribution in [3.05, 3.63) is 119 Å². The third kappa shape index (κ3) is 7.44. The van der Waals surface area contributed by atoms with Crippen molar-refractivity contribution in [2.24, 2.45) is 0 Å². The van der Waals surface area contributed by atoms with E-state index in [0.717, 1.165) is 0 Å². The summed E-state index contributed by atoms with van der Waals surface area (Å²) >= 11 is 0. The Morgan fingerprint density at radius 3 is 1.04 bits per heavy atom. The van der Waals surface area contributed by atoms with Gasteiger partial charge in [0, 0.05) is 0 Å². The molecule has 236 valence electrons. The smallest absolute Gasteiger partial charge is 0.171 e. The summed E-state index contributed by atoms with van der Waals surface area (Å²) in [6.07, 6.45) is 6.77. The average molecular weight is 631 g/mol. The molecule has 0 saturated heterocycles. The van der Waals surface area contributed by atoms with Crippen LogP contribution in [0.3, 0.4) is 0 Å². The Labute approximate surface area is 265 Å². The maximum atomic E-state index is 14.9. The standard InChI is InChI=1S/C36H38O8S/c1-39-27-17-13-25(14-18-27)35(23-21-29-31(41-3)9-7-10-32(29)42-4)45(37,38)36(26-15-19-28(40-2)20-16-26)24-22-30-33(43-5)11-8-12-34(30)44-6/h7-24,35-36H,1-6H3/b23-21+,24-22+. The Bertz CT molecular complexity index is 1560. The van der Waals surface area contributed by atoms with Crippen LogP contribution in [0.25, 0.3) is 12.2 Å². The maximum Gasteiger partial charge on any atom is 0.171 e. The van der Waals surface area contributed by atoms with Crippen molar-refractivity contribution in [1.82, 2.24) is 0 Å². The summed E-state index contributed by atoms with van der Waals surface area (Å²) < 4.78 is 62.8. The van der Waals surface area contributed by atoms with Crippen LogP contribution in [-0.4, -0.2) is 51.1 Å². The fourth-order valence-corrected chi connectivity index (χ4v) is 7.01. The molecule has 0 fully saturated rings. The second kappa shape index (κ2) is 15.2. The van der Waals surface area contributed by atoms with Gasteiger partial charge in [0.25, 0.3) is 0 Å². The van der Waals surface area contributed by atoms with Gasteiger partial charge in [0.15, 0.2) is 9.84 Å². The molecule has 0 aliphatic heterocycles. The van der Waals surface area contributed by atoms with Crippen LogP contribution >= 0.6 is 0 Å². The Morgan fingerprint density at radius 2 is 0.778 bits per heavy atom. The van der Waals surface area contributed by atoms with Crippen molar-refractivity contribution in [3.63, 3.8) is 0 Å².